The van der Waals surface area contributed by atoms with Gasteiger partial charge in [0.15, 0.2) is 0 Å². The van der Waals surface area contributed by atoms with E-state index in [4.69, 9.17) is 21.1 Å². The normalized spacial score (nSPS) is 17.5. The van der Waals surface area contributed by atoms with E-state index in [2.05, 4.69) is 0 Å². The zero-order valence-electron chi connectivity index (χ0n) is 17.4. The molecule has 0 saturated carbocycles. The Labute approximate surface area is 190 Å². The van der Waals surface area contributed by atoms with E-state index in [1.165, 1.54) is 25.2 Å². The van der Waals surface area contributed by atoms with E-state index in [1.54, 1.807) is 60.7 Å². The van der Waals surface area contributed by atoms with Crippen molar-refractivity contribution < 1.29 is 24.2 Å². The molecule has 6 nitrogen and oxygen atoms in total. The van der Waals surface area contributed by atoms with Crippen LogP contribution in [0.25, 0.3) is 5.76 Å². The molecule has 32 heavy (non-hydrogen) atoms. The molecule has 3 aromatic rings. The molecule has 0 aliphatic carbocycles. The molecule has 0 spiro atoms. The van der Waals surface area contributed by atoms with Crippen molar-refractivity contribution in [1.82, 2.24) is 0 Å². The highest BCUT2D eigenvalue weighted by Crippen LogP contribution is 2.44. The molecule has 1 N–H and O–H groups in total. The quantitative estimate of drug-likeness (QED) is 0.337. The molecule has 1 aliphatic heterocycles. The molecule has 1 heterocycles. The zero-order chi connectivity index (χ0) is 22.8. The second kappa shape index (κ2) is 8.77. The summed E-state index contributed by atoms with van der Waals surface area (Å²) < 4.78 is 10.6. The third kappa shape index (κ3) is 3.69. The number of aliphatic hydroxyl groups excluding tert-OH is 1. The van der Waals surface area contributed by atoms with Gasteiger partial charge < -0.3 is 14.6 Å². The molecular formula is C25H20ClNO5. The van der Waals surface area contributed by atoms with Crippen LogP contribution in [0.2, 0.25) is 5.02 Å². The van der Waals surface area contributed by atoms with Crippen molar-refractivity contribution in [3.63, 3.8) is 0 Å². The van der Waals surface area contributed by atoms with Crippen LogP contribution in [0.3, 0.4) is 0 Å². The van der Waals surface area contributed by atoms with Crippen LogP contribution < -0.4 is 14.4 Å². The molecule has 1 saturated heterocycles. The van der Waals surface area contributed by atoms with E-state index in [-0.39, 0.29) is 16.9 Å². The van der Waals surface area contributed by atoms with Crippen LogP contribution in [0, 0.1) is 0 Å². The Hall–Kier alpha value is -3.77. The van der Waals surface area contributed by atoms with Gasteiger partial charge in [-0.3, -0.25) is 14.5 Å². The highest BCUT2D eigenvalue weighted by atomic mass is 35.5. The second-order valence-electron chi connectivity index (χ2n) is 7.13. The van der Waals surface area contributed by atoms with Crippen LogP contribution >= 0.6 is 11.6 Å². The number of Topliss-reactive ketones (excluding diaryl/α,β-unsaturated/α-hetero) is 1. The number of rotatable bonds is 5. The molecular weight excluding hydrogens is 430 g/mol. The van der Waals surface area contributed by atoms with E-state index in [1.807, 2.05) is 6.07 Å². The van der Waals surface area contributed by atoms with Crippen molar-refractivity contribution in [2.24, 2.45) is 0 Å². The Morgan fingerprint density at radius 2 is 1.69 bits per heavy atom. The predicted octanol–water partition coefficient (Wildman–Crippen LogP) is 4.98. The first kappa shape index (κ1) is 21.5. The topological polar surface area (TPSA) is 76.1 Å². The summed E-state index contributed by atoms with van der Waals surface area (Å²) in [6.45, 7) is 0. The van der Waals surface area contributed by atoms with E-state index in [0.29, 0.717) is 27.8 Å². The number of nitrogens with zero attached hydrogens (tertiary/aromatic N) is 1. The van der Waals surface area contributed by atoms with Crippen LogP contribution in [0.15, 0.2) is 78.4 Å². The van der Waals surface area contributed by atoms with Crippen LogP contribution in [0.1, 0.15) is 17.2 Å². The fourth-order valence-corrected chi connectivity index (χ4v) is 3.99. The first-order valence-electron chi connectivity index (χ1n) is 9.80. The number of hydrogen-bond donors (Lipinski definition) is 1. The standard InChI is InChI=1S/C25H20ClNO5/c1-31-18-10-6-9-17(14-18)27-22(15-7-4-3-5-8-15)21(24(29)25(27)30)23(28)19-13-16(26)11-12-20(19)32-2/h3-14,22,28H,1-2H3/b23-21+. The van der Waals surface area contributed by atoms with Gasteiger partial charge in [0.05, 0.1) is 31.4 Å². The smallest absolute Gasteiger partial charge is 0.300 e. The lowest BCUT2D eigenvalue weighted by Crippen LogP contribution is -2.29. The zero-order valence-corrected chi connectivity index (χ0v) is 18.2. The Morgan fingerprint density at radius 1 is 0.938 bits per heavy atom. The summed E-state index contributed by atoms with van der Waals surface area (Å²) in [4.78, 5) is 27.8. The number of benzene rings is 3. The first-order chi connectivity index (χ1) is 15.5. The van der Waals surface area contributed by atoms with E-state index in [0.717, 1.165) is 0 Å². The molecule has 3 aromatic carbocycles. The Kier molecular flexibility index (Phi) is 5.88. The predicted molar refractivity (Wildman–Crippen MR) is 122 cm³/mol. The summed E-state index contributed by atoms with van der Waals surface area (Å²) in [5.74, 6) is -1.06. The number of aliphatic hydroxyl groups is 1. The van der Waals surface area contributed by atoms with Crippen LogP contribution in [-0.2, 0) is 9.59 Å². The van der Waals surface area contributed by atoms with E-state index in [9.17, 15) is 14.7 Å². The molecule has 1 amide bonds. The highest BCUT2D eigenvalue weighted by Gasteiger charge is 2.47. The third-order valence-electron chi connectivity index (χ3n) is 5.31. The number of anilines is 1. The summed E-state index contributed by atoms with van der Waals surface area (Å²) >= 11 is 6.14. The number of halogens is 1. The highest BCUT2D eigenvalue weighted by molar-refractivity contribution is 6.51. The van der Waals surface area contributed by atoms with Crippen LogP contribution in [0.5, 0.6) is 11.5 Å². The van der Waals surface area contributed by atoms with Gasteiger partial charge in [0.1, 0.15) is 17.3 Å². The number of ketones is 1. The molecule has 1 atom stereocenters. The van der Waals surface area contributed by atoms with Gasteiger partial charge in [0.25, 0.3) is 11.7 Å². The van der Waals surface area contributed by atoms with Gasteiger partial charge in [0, 0.05) is 16.8 Å². The van der Waals surface area contributed by atoms with Crippen LogP contribution in [0.4, 0.5) is 5.69 Å². The monoisotopic (exact) mass is 449 g/mol. The second-order valence-corrected chi connectivity index (χ2v) is 7.56. The molecule has 1 unspecified atom stereocenters. The Balaban J connectivity index is 1.98. The summed E-state index contributed by atoms with van der Waals surface area (Å²) in [6, 6.07) is 19.7. The van der Waals surface area contributed by atoms with Crippen molar-refractivity contribution in [1.29, 1.82) is 0 Å². The van der Waals surface area contributed by atoms with Crippen molar-refractivity contribution in [2.45, 2.75) is 6.04 Å². The van der Waals surface area contributed by atoms with Gasteiger partial charge >= 0.3 is 0 Å². The van der Waals surface area contributed by atoms with Gasteiger partial charge in [-0.2, -0.15) is 0 Å². The Bertz CT molecular complexity index is 1220. The number of ether oxygens (including phenoxy) is 2. The lowest BCUT2D eigenvalue weighted by atomic mass is 9.95. The largest absolute Gasteiger partial charge is 0.507 e. The van der Waals surface area contributed by atoms with E-state index >= 15 is 0 Å². The average molecular weight is 450 g/mol. The molecule has 7 heteroatoms. The van der Waals surface area contributed by atoms with Crippen molar-refractivity contribution in [2.75, 3.05) is 19.1 Å². The lowest BCUT2D eigenvalue weighted by molar-refractivity contribution is -0.132. The SMILES string of the molecule is COc1cccc(N2C(=O)C(=O)/C(=C(/O)c3cc(Cl)ccc3OC)C2c2ccccc2)c1. The first-order valence-corrected chi connectivity index (χ1v) is 10.2. The minimum Gasteiger partial charge on any atom is -0.507 e. The summed E-state index contributed by atoms with van der Waals surface area (Å²) in [5, 5.41) is 11.6. The van der Waals surface area contributed by atoms with Gasteiger partial charge in [-0.1, -0.05) is 48.0 Å². The number of carbonyl (C=O) groups is 2. The molecule has 0 radical (unpaired) electrons. The van der Waals surface area contributed by atoms with Crippen molar-refractivity contribution >= 4 is 34.7 Å². The number of amides is 1. The maximum Gasteiger partial charge on any atom is 0.300 e. The molecule has 4 rings (SSSR count). The van der Waals surface area contributed by atoms with Crippen LogP contribution in [-0.4, -0.2) is 31.0 Å². The number of hydrogen-bond acceptors (Lipinski definition) is 5. The minimum atomic E-state index is -0.855. The fraction of sp³-hybridized carbons (Fsp3) is 0.120. The van der Waals surface area contributed by atoms with Crippen molar-refractivity contribution in [3.8, 4) is 11.5 Å². The Morgan fingerprint density at radius 3 is 2.38 bits per heavy atom. The van der Waals surface area contributed by atoms with Gasteiger partial charge in [-0.05, 0) is 35.9 Å². The number of carbonyl (C=O) groups excluding carboxylic acids is 2. The molecule has 162 valence electrons. The molecule has 0 aromatic heterocycles. The molecule has 1 aliphatic rings. The summed E-state index contributed by atoms with van der Waals surface area (Å²) in [6.07, 6.45) is 0. The lowest BCUT2D eigenvalue weighted by Gasteiger charge is -2.25. The maximum absolute atomic E-state index is 13.2. The van der Waals surface area contributed by atoms with Gasteiger partial charge in [-0.25, -0.2) is 0 Å². The number of methoxy groups -OCH3 is 2. The van der Waals surface area contributed by atoms with Crippen molar-refractivity contribution in [3.05, 3.63) is 94.5 Å². The molecule has 0 bridgehead atoms. The van der Waals surface area contributed by atoms with Gasteiger partial charge in [-0.15, -0.1) is 0 Å². The maximum atomic E-state index is 13.2. The average Bonchev–Trinajstić information content (AvgIpc) is 3.09. The third-order valence-corrected chi connectivity index (χ3v) is 5.54. The summed E-state index contributed by atoms with van der Waals surface area (Å²) in [7, 11) is 2.97. The fourth-order valence-electron chi connectivity index (χ4n) is 3.82. The summed E-state index contributed by atoms with van der Waals surface area (Å²) in [5.41, 5.74) is 1.31. The minimum absolute atomic E-state index is 0.0513. The van der Waals surface area contributed by atoms with E-state index < -0.39 is 17.7 Å². The van der Waals surface area contributed by atoms with Gasteiger partial charge in [0.2, 0.25) is 0 Å². The molecule has 1 fully saturated rings.